The maximum atomic E-state index is 12.9. The molecular weight excluding hydrogens is 406 g/mol. The van der Waals surface area contributed by atoms with E-state index in [0.29, 0.717) is 28.8 Å². The van der Waals surface area contributed by atoms with Crippen LogP contribution >= 0.6 is 0 Å². The average Bonchev–Trinajstić information content (AvgIpc) is 2.75. The summed E-state index contributed by atoms with van der Waals surface area (Å²) in [5.41, 5.74) is 1.25. The van der Waals surface area contributed by atoms with E-state index in [1.807, 2.05) is 20.9 Å². The van der Waals surface area contributed by atoms with Crippen molar-refractivity contribution in [1.29, 1.82) is 0 Å². The van der Waals surface area contributed by atoms with Gasteiger partial charge in [-0.2, -0.15) is 0 Å². The van der Waals surface area contributed by atoms with Crippen LogP contribution in [0.15, 0.2) is 22.3 Å². The van der Waals surface area contributed by atoms with Crippen molar-refractivity contribution in [3.63, 3.8) is 0 Å². The van der Waals surface area contributed by atoms with Crippen molar-refractivity contribution in [2.75, 3.05) is 66.6 Å². The van der Waals surface area contributed by atoms with E-state index in [1.54, 1.807) is 25.7 Å². The fraction of sp³-hybridized carbons (Fsp3) is 0.720. The predicted octanol–water partition coefficient (Wildman–Crippen LogP) is 2.32. The number of allylic oxidation sites excluding steroid dienone is 4. The first-order valence-electron chi connectivity index (χ1n) is 11.7. The summed E-state index contributed by atoms with van der Waals surface area (Å²) in [6.07, 6.45) is 1.29. The van der Waals surface area contributed by atoms with Crippen LogP contribution in [0.25, 0.3) is 0 Å². The van der Waals surface area contributed by atoms with E-state index >= 15 is 0 Å². The lowest BCUT2D eigenvalue weighted by Gasteiger charge is -2.33. The monoisotopic (exact) mass is 447 g/mol. The van der Waals surface area contributed by atoms with Gasteiger partial charge in [0.05, 0.1) is 13.2 Å². The molecule has 2 aliphatic rings. The van der Waals surface area contributed by atoms with Gasteiger partial charge < -0.3 is 14.5 Å². The van der Waals surface area contributed by atoms with E-state index in [4.69, 9.17) is 4.74 Å². The van der Waals surface area contributed by atoms with Crippen LogP contribution in [0.1, 0.15) is 47.5 Å². The molecule has 0 aromatic heterocycles. The molecule has 1 aliphatic heterocycles. The molecule has 1 aliphatic carbocycles. The number of Topliss-reactive ketones (excluding diaryl/α,β-unsaturated/α-hetero) is 2. The summed E-state index contributed by atoms with van der Waals surface area (Å²) in [6, 6.07) is 0. The van der Waals surface area contributed by atoms with Crippen molar-refractivity contribution in [1.82, 2.24) is 14.7 Å². The molecule has 0 unspecified atom stereocenters. The molecule has 0 atom stereocenters. The first kappa shape index (κ1) is 26.4. The highest BCUT2D eigenvalue weighted by molar-refractivity contribution is 6.25. The number of rotatable bonds is 10. The van der Waals surface area contributed by atoms with Crippen molar-refractivity contribution in [3.05, 3.63) is 22.3 Å². The summed E-state index contributed by atoms with van der Waals surface area (Å²) in [6.45, 7) is 16.0. The van der Waals surface area contributed by atoms with Crippen LogP contribution in [0.4, 0.5) is 0 Å². The standard InChI is InChI=1S/C25H41N3O4/c1-18-19(2)24(31)22(20(3)23(18)30)25(4,5)17-21(29)27(7)12-11-26(6)9-8-10-28-13-15-32-16-14-28/h8-17H2,1-7H3. The van der Waals surface area contributed by atoms with Gasteiger partial charge in [-0.05, 0) is 47.3 Å². The maximum Gasteiger partial charge on any atom is 0.223 e. The van der Waals surface area contributed by atoms with Gasteiger partial charge in [0.2, 0.25) is 5.91 Å². The van der Waals surface area contributed by atoms with Crippen molar-refractivity contribution in [2.45, 2.75) is 47.5 Å². The first-order valence-corrected chi connectivity index (χ1v) is 11.7. The van der Waals surface area contributed by atoms with Crippen molar-refractivity contribution >= 4 is 17.5 Å². The number of ketones is 2. The average molecular weight is 448 g/mol. The quantitative estimate of drug-likeness (QED) is 0.479. The zero-order chi connectivity index (χ0) is 24.1. The fourth-order valence-electron chi connectivity index (χ4n) is 4.46. The molecule has 7 heteroatoms. The topological polar surface area (TPSA) is 70.2 Å². The largest absolute Gasteiger partial charge is 0.379 e. The van der Waals surface area contributed by atoms with E-state index < -0.39 is 5.41 Å². The molecule has 0 N–H and O–H groups in total. The number of carbonyl (C=O) groups excluding carboxylic acids is 3. The highest BCUT2D eigenvalue weighted by Gasteiger charge is 2.38. The molecule has 0 radical (unpaired) electrons. The summed E-state index contributed by atoms with van der Waals surface area (Å²) in [5.74, 6) is -0.217. The second kappa shape index (κ2) is 11.3. The van der Waals surface area contributed by atoms with Gasteiger partial charge in [-0.15, -0.1) is 0 Å². The second-order valence-electron chi connectivity index (χ2n) is 9.90. The molecular formula is C25H41N3O4. The van der Waals surface area contributed by atoms with Crippen LogP contribution in [0.3, 0.4) is 0 Å². The fourth-order valence-corrected chi connectivity index (χ4v) is 4.46. The lowest BCUT2D eigenvalue weighted by atomic mass is 9.71. The van der Waals surface area contributed by atoms with Crippen molar-refractivity contribution in [2.24, 2.45) is 5.41 Å². The molecule has 0 saturated carbocycles. The maximum absolute atomic E-state index is 12.9. The smallest absolute Gasteiger partial charge is 0.223 e. The third kappa shape index (κ3) is 6.59. The van der Waals surface area contributed by atoms with Crippen LogP contribution in [0.5, 0.6) is 0 Å². The highest BCUT2D eigenvalue weighted by atomic mass is 16.5. The van der Waals surface area contributed by atoms with E-state index in [0.717, 1.165) is 52.4 Å². The Kier molecular flexibility index (Phi) is 9.37. The van der Waals surface area contributed by atoms with Gasteiger partial charge in [-0.1, -0.05) is 13.8 Å². The predicted molar refractivity (Wildman–Crippen MR) is 126 cm³/mol. The molecule has 0 spiro atoms. The van der Waals surface area contributed by atoms with E-state index in [1.165, 1.54) is 0 Å². The summed E-state index contributed by atoms with van der Waals surface area (Å²) in [7, 11) is 3.89. The molecule has 0 aromatic carbocycles. The molecule has 32 heavy (non-hydrogen) atoms. The third-order valence-electron chi connectivity index (χ3n) is 6.82. The summed E-state index contributed by atoms with van der Waals surface area (Å²) in [4.78, 5) is 44.8. The number of nitrogens with zero attached hydrogens (tertiary/aromatic N) is 3. The molecule has 2 rings (SSSR count). The zero-order valence-electron chi connectivity index (χ0n) is 21.0. The van der Waals surface area contributed by atoms with Crippen LogP contribution in [0, 0.1) is 5.41 Å². The minimum absolute atomic E-state index is 0.0128. The number of hydrogen-bond acceptors (Lipinski definition) is 6. The third-order valence-corrected chi connectivity index (χ3v) is 6.82. The van der Waals surface area contributed by atoms with E-state index in [2.05, 4.69) is 16.8 Å². The van der Waals surface area contributed by atoms with Crippen LogP contribution < -0.4 is 0 Å². The van der Waals surface area contributed by atoms with Crippen LogP contribution in [0.2, 0.25) is 0 Å². The van der Waals surface area contributed by atoms with Gasteiger partial charge in [0.15, 0.2) is 11.6 Å². The van der Waals surface area contributed by atoms with Gasteiger partial charge in [0.25, 0.3) is 0 Å². The minimum atomic E-state index is -0.700. The molecule has 1 saturated heterocycles. The number of likely N-dealkylation sites (N-methyl/N-ethyl adjacent to an activating group) is 2. The summed E-state index contributed by atoms with van der Waals surface area (Å²) >= 11 is 0. The number of amides is 1. The minimum Gasteiger partial charge on any atom is -0.379 e. The van der Waals surface area contributed by atoms with Crippen LogP contribution in [-0.4, -0.2) is 98.8 Å². The SMILES string of the molecule is CC1=C(C)C(=O)C(C(C)(C)CC(=O)N(C)CCN(C)CCCN2CCOCC2)=C(C)C1=O. The molecule has 0 aromatic rings. The highest BCUT2D eigenvalue weighted by Crippen LogP contribution is 2.39. The van der Waals surface area contributed by atoms with Gasteiger partial charge in [0, 0.05) is 67.4 Å². The molecule has 0 bridgehead atoms. The number of hydrogen-bond donors (Lipinski definition) is 0. The Bertz CT molecular complexity index is 791. The van der Waals surface area contributed by atoms with Crippen molar-refractivity contribution < 1.29 is 19.1 Å². The van der Waals surface area contributed by atoms with E-state index in [-0.39, 0.29) is 23.9 Å². The Morgan fingerprint density at radius 3 is 2.16 bits per heavy atom. The molecule has 7 nitrogen and oxygen atoms in total. The molecule has 1 heterocycles. The molecule has 1 amide bonds. The Labute approximate surface area is 193 Å². The number of ether oxygens (including phenoxy) is 1. The van der Waals surface area contributed by atoms with Gasteiger partial charge >= 0.3 is 0 Å². The molecule has 1 fully saturated rings. The normalized spacial score (nSPS) is 18.8. The Hall–Kier alpha value is -1.83. The lowest BCUT2D eigenvalue weighted by Crippen LogP contribution is -2.40. The summed E-state index contributed by atoms with van der Waals surface area (Å²) in [5, 5.41) is 0. The number of carbonyl (C=O) groups is 3. The lowest BCUT2D eigenvalue weighted by molar-refractivity contribution is -0.132. The zero-order valence-corrected chi connectivity index (χ0v) is 21.0. The molecule has 180 valence electrons. The Morgan fingerprint density at radius 1 is 0.938 bits per heavy atom. The van der Waals surface area contributed by atoms with Gasteiger partial charge in [0.1, 0.15) is 0 Å². The van der Waals surface area contributed by atoms with Gasteiger partial charge in [-0.25, -0.2) is 0 Å². The van der Waals surface area contributed by atoms with Crippen molar-refractivity contribution in [3.8, 4) is 0 Å². The van der Waals surface area contributed by atoms with Gasteiger partial charge in [-0.3, -0.25) is 19.3 Å². The Balaban J connectivity index is 1.84. The first-order chi connectivity index (χ1) is 15.0. The summed E-state index contributed by atoms with van der Waals surface area (Å²) < 4.78 is 5.38. The van der Waals surface area contributed by atoms with Crippen LogP contribution in [-0.2, 0) is 19.1 Å². The second-order valence-corrected chi connectivity index (χ2v) is 9.90. The number of morpholine rings is 1. The Morgan fingerprint density at radius 2 is 1.53 bits per heavy atom. The van der Waals surface area contributed by atoms with E-state index in [9.17, 15) is 14.4 Å².